The summed E-state index contributed by atoms with van der Waals surface area (Å²) in [6.07, 6.45) is 1.07. The number of methoxy groups -OCH3 is 1. The van der Waals surface area contributed by atoms with Gasteiger partial charge in [-0.15, -0.1) is 0 Å². The number of nitrogens with zero attached hydrogens (tertiary/aromatic N) is 1. The van der Waals surface area contributed by atoms with Crippen LogP contribution in [0.3, 0.4) is 0 Å². The molecule has 2 aromatic carbocycles. The van der Waals surface area contributed by atoms with Gasteiger partial charge in [0.1, 0.15) is 5.75 Å². The summed E-state index contributed by atoms with van der Waals surface area (Å²) in [6.45, 7) is 4.74. The Labute approximate surface area is 149 Å². The number of carbonyl (C=O) groups excluding carboxylic acids is 1. The minimum atomic E-state index is -0.186. The number of amides is 2. The minimum absolute atomic E-state index is 0.186. The lowest BCUT2D eigenvalue weighted by Gasteiger charge is -2.33. The molecule has 132 valence electrons. The van der Waals surface area contributed by atoms with Crippen molar-refractivity contribution in [2.24, 2.45) is 0 Å². The normalized spacial score (nSPS) is 15.1. The van der Waals surface area contributed by atoms with Crippen LogP contribution in [0.4, 0.5) is 10.5 Å². The molecule has 1 aliphatic heterocycles. The van der Waals surface area contributed by atoms with E-state index in [4.69, 9.17) is 4.74 Å². The summed E-state index contributed by atoms with van der Waals surface area (Å²) in [5.74, 6) is 0.768. The molecule has 0 saturated carbocycles. The summed E-state index contributed by atoms with van der Waals surface area (Å²) in [4.78, 5) is 14.5. The van der Waals surface area contributed by atoms with Crippen LogP contribution in [-0.4, -0.2) is 37.2 Å². The van der Waals surface area contributed by atoms with E-state index in [2.05, 4.69) is 46.7 Å². The van der Waals surface area contributed by atoms with Gasteiger partial charge in [0.2, 0.25) is 0 Å². The number of hydrogen-bond acceptors (Lipinski definition) is 3. The molecule has 5 heteroatoms. The van der Waals surface area contributed by atoms with Crippen molar-refractivity contribution < 1.29 is 9.53 Å². The Morgan fingerprint density at radius 1 is 1.16 bits per heavy atom. The van der Waals surface area contributed by atoms with Gasteiger partial charge >= 0.3 is 6.03 Å². The van der Waals surface area contributed by atoms with E-state index < -0.39 is 0 Å². The zero-order valence-corrected chi connectivity index (χ0v) is 14.8. The first kappa shape index (κ1) is 17.3. The largest absolute Gasteiger partial charge is 0.497 e. The number of urea groups is 1. The van der Waals surface area contributed by atoms with Crippen LogP contribution in [0.15, 0.2) is 48.5 Å². The lowest BCUT2D eigenvalue weighted by atomic mass is 9.99. The van der Waals surface area contributed by atoms with Crippen LogP contribution in [0.2, 0.25) is 0 Å². The summed E-state index contributed by atoms with van der Waals surface area (Å²) in [7, 11) is 1.62. The SMILES string of the molecule is COc1ccc(NC(=O)NCC(C)N2CCc3ccccc3C2)cc1. The predicted molar refractivity (Wildman–Crippen MR) is 100 cm³/mol. The van der Waals surface area contributed by atoms with Gasteiger partial charge in [-0.25, -0.2) is 4.79 Å². The van der Waals surface area contributed by atoms with Crippen LogP contribution in [0.25, 0.3) is 0 Å². The lowest BCUT2D eigenvalue weighted by Crippen LogP contribution is -2.45. The molecule has 3 rings (SSSR count). The Kier molecular flexibility index (Phi) is 5.56. The molecule has 2 amide bonds. The van der Waals surface area contributed by atoms with Crippen molar-refractivity contribution in [3.8, 4) is 5.75 Å². The van der Waals surface area contributed by atoms with E-state index in [0.717, 1.165) is 30.9 Å². The molecule has 0 bridgehead atoms. The summed E-state index contributed by atoms with van der Waals surface area (Å²) in [5.41, 5.74) is 3.58. The Hall–Kier alpha value is -2.53. The van der Waals surface area contributed by atoms with Gasteiger partial charge in [-0.05, 0) is 48.7 Å². The number of carbonyl (C=O) groups is 1. The van der Waals surface area contributed by atoms with Gasteiger partial charge in [-0.2, -0.15) is 0 Å². The third-order valence-electron chi connectivity index (χ3n) is 4.69. The molecule has 2 aromatic rings. The molecule has 1 atom stereocenters. The Bertz CT molecular complexity index is 715. The van der Waals surface area contributed by atoms with Crippen molar-refractivity contribution in [1.82, 2.24) is 10.2 Å². The number of anilines is 1. The maximum Gasteiger partial charge on any atom is 0.319 e. The number of nitrogens with one attached hydrogen (secondary N) is 2. The predicted octanol–water partition coefficient (Wildman–Crippen LogP) is 3.26. The molecular weight excluding hydrogens is 314 g/mol. The van der Waals surface area contributed by atoms with Crippen LogP contribution in [-0.2, 0) is 13.0 Å². The van der Waals surface area contributed by atoms with Gasteiger partial charge < -0.3 is 15.4 Å². The Balaban J connectivity index is 1.47. The number of rotatable bonds is 5. The van der Waals surface area contributed by atoms with Gasteiger partial charge in [0.15, 0.2) is 0 Å². The van der Waals surface area contributed by atoms with E-state index in [1.165, 1.54) is 11.1 Å². The molecule has 0 spiro atoms. The van der Waals surface area contributed by atoms with E-state index in [0.29, 0.717) is 6.54 Å². The molecule has 5 nitrogen and oxygen atoms in total. The topological polar surface area (TPSA) is 53.6 Å². The maximum absolute atomic E-state index is 12.1. The zero-order valence-electron chi connectivity index (χ0n) is 14.8. The monoisotopic (exact) mass is 339 g/mol. The molecule has 1 heterocycles. The molecule has 1 unspecified atom stereocenters. The molecule has 1 aliphatic rings. The number of benzene rings is 2. The smallest absolute Gasteiger partial charge is 0.319 e. The fraction of sp³-hybridized carbons (Fsp3) is 0.350. The van der Waals surface area contributed by atoms with Crippen molar-refractivity contribution in [2.75, 3.05) is 25.5 Å². The standard InChI is InChI=1S/C20H25N3O2/c1-15(23-12-11-16-5-3-4-6-17(16)14-23)13-21-20(24)22-18-7-9-19(25-2)10-8-18/h3-10,15H,11-14H2,1-2H3,(H2,21,22,24). The van der Waals surface area contributed by atoms with E-state index in [9.17, 15) is 4.79 Å². The van der Waals surface area contributed by atoms with Gasteiger partial charge in [0.05, 0.1) is 7.11 Å². The van der Waals surface area contributed by atoms with Crippen LogP contribution < -0.4 is 15.4 Å². The van der Waals surface area contributed by atoms with E-state index >= 15 is 0 Å². The van der Waals surface area contributed by atoms with Crippen molar-refractivity contribution >= 4 is 11.7 Å². The fourth-order valence-corrected chi connectivity index (χ4v) is 3.11. The molecule has 2 N–H and O–H groups in total. The summed E-state index contributed by atoms with van der Waals surface area (Å²) in [5, 5.41) is 5.80. The number of hydrogen-bond donors (Lipinski definition) is 2. The molecule has 0 saturated heterocycles. The molecule has 25 heavy (non-hydrogen) atoms. The number of ether oxygens (including phenoxy) is 1. The summed E-state index contributed by atoms with van der Waals surface area (Å²) < 4.78 is 5.11. The van der Waals surface area contributed by atoms with Gasteiger partial charge in [-0.1, -0.05) is 24.3 Å². The highest BCUT2D eigenvalue weighted by Gasteiger charge is 2.20. The van der Waals surface area contributed by atoms with Crippen LogP contribution in [0.1, 0.15) is 18.1 Å². The second-order valence-corrected chi connectivity index (χ2v) is 6.40. The van der Waals surface area contributed by atoms with Crippen LogP contribution in [0, 0.1) is 0 Å². The highest BCUT2D eigenvalue weighted by Crippen LogP contribution is 2.20. The molecule has 0 fully saturated rings. The highest BCUT2D eigenvalue weighted by molar-refractivity contribution is 5.89. The van der Waals surface area contributed by atoms with Crippen molar-refractivity contribution in [1.29, 1.82) is 0 Å². The highest BCUT2D eigenvalue weighted by atomic mass is 16.5. The number of fused-ring (bicyclic) bond motifs is 1. The third kappa shape index (κ3) is 4.51. The molecular formula is C20H25N3O2. The summed E-state index contributed by atoms with van der Waals surface area (Å²) >= 11 is 0. The van der Waals surface area contributed by atoms with Gasteiger partial charge in [0, 0.05) is 31.4 Å². The first-order chi connectivity index (χ1) is 12.2. The van der Waals surface area contributed by atoms with E-state index in [-0.39, 0.29) is 12.1 Å². The van der Waals surface area contributed by atoms with Crippen LogP contribution >= 0.6 is 0 Å². The third-order valence-corrected chi connectivity index (χ3v) is 4.69. The van der Waals surface area contributed by atoms with Crippen molar-refractivity contribution in [3.63, 3.8) is 0 Å². The first-order valence-electron chi connectivity index (χ1n) is 8.65. The Morgan fingerprint density at radius 2 is 1.88 bits per heavy atom. The average molecular weight is 339 g/mol. The van der Waals surface area contributed by atoms with Crippen molar-refractivity contribution in [2.45, 2.75) is 25.9 Å². The Morgan fingerprint density at radius 3 is 2.60 bits per heavy atom. The second-order valence-electron chi connectivity index (χ2n) is 6.40. The maximum atomic E-state index is 12.1. The first-order valence-corrected chi connectivity index (χ1v) is 8.65. The van der Waals surface area contributed by atoms with Crippen LogP contribution in [0.5, 0.6) is 5.75 Å². The molecule has 0 radical (unpaired) electrons. The van der Waals surface area contributed by atoms with Gasteiger partial charge in [0.25, 0.3) is 0 Å². The van der Waals surface area contributed by atoms with Crippen molar-refractivity contribution in [3.05, 3.63) is 59.7 Å². The van der Waals surface area contributed by atoms with E-state index in [1.54, 1.807) is 7.11 Å². The second kappa shape index (κ2) is 8.03. The van der Waals surface area contributed by atoms with Gasteiger partial charge in [-0.3, -0.25) is 4.90 Å². The van der Waals surface area contributed by atoms with E-state index in [1.807, 2.05) is 24.3 Å². The summed E-state index contributed by atoms with van der Waals surface area (Å²) in [6, 6.07) is 16.0. The lowest BCUT2D eigenvalue weighted by molar-refractivity contribution is 0.186. The fourth-order valence-electron chi connectivity index (χ4n) is 3.11. The molecule has 0 aliphatic carbocycles. The zero-order chi connectivity index (χ0) is 17.6. The quantitative estimate of drug-likeness (QED) is 0.879. The molecule has 0 aromatic heterocycles. The minimum Gasteiger partial charge on any atom is -0.497 e. The average Bonchev–Trinajstić information content (AvgIpc) is 2.66.